The summed E-state index contributed by atoms with van der Waals surface area (Å²) in [7, 11) is -0.340. The molecule has 0 aliphatic rings. The molecule has 6 rings (SSSR count). The van der Waals surface area contributed by atoms with Gasteiger partial charge in [0.05, 0.1) is 93.0 Å². The Labute approximate surface area is 431 Å². The molecule has 2 aromatic heterocycles. The first-order valence-electron chi connectivity index (χ1n) is 21.6. The summed E-state index contributed by atoms with van der Waals surface area (Å²) in [5, 5.41) is 23.8. The second-order valence-corrected chi connectivity index (χ2v) is 19.7. The van der Waals surface area contributed by atoms with Crippen molar-refractivity contribution < 1.29 is 72.8 Å². The van der Waals surface area contributed by atoms with Gasteiger partial charge in [-0.3, -0.25) is 28.3 Å². The van der Waals surface area contributed by atoms with Crippen LogP contribution in [0.5, 0.6) is 0 Å². The Balaban J connectivity index is 0.00000963. The number of halogens is 7. The van der Waals surface area contributed by atoms with Gasteiger partial charge in [-0.05, 0) is 111 Å². The highest BCUT2D eigenvalue weighted by Gasteiger charge is 2.33. The standard InChI is InChI=1S/C50H43F6N7O6S2.HI/c1-31-43(70(68)39-17-13-33(29-57)14-18-39)27-41(47(66)61(31)37-11-5-9-35(25-37)49(51,52)53)45(64)59-21-7-23-63(3,4)24-8-22-60-46(65)42-28-44(71(69)40-19-15-34(30-58)16-20-40)32(2)62(48(42)67)38-12-6-10-36(26-38)50(54,55)56;/h5-6,9-20,25-28H,7-8,21-24H2,1-4H3,(H-,59,60,64,65);1H. The molecule has 6 aromatic rings. The molecule has 2 unspecified atom stereocenters. The van der Waals surface area contributed by atoms with Crippen LogP contribution in [0.15, 0.2) is 138 Å². The molecule has 13 nitrogen and oxygen atoms in total. The first-order chi connectivity index (χ1) is 33.4. The van der Waals surface area contributed by atoms with Gasteiger partial charge in [-0.15, -0.1) is 0 Å². The minimum absolute atomic E-state index is 0. The van der Waals surface area contributed by atoms with E-state index in [2.05, 4.69) is 10.6 Å². The zero-order chi connectivity index (χ0) is 52.0. The topological polar surface area (TPSA) is 184 Å². The van der Waals surface area contributed by atoms with Crippen molar-refractivity contribution in [3.63, 3.8) is 0 Å². The number of alkyl halides is 6. The maximum Gasteiger partial charge on any atom is 0.416 e. The zero-order valence-electron chi connectivity index (χ0n) is 38.8. The third-order valence-electron chi connectivity index (χ3n) is 11.4. The van der Waals surface area contributed by atoms with Crippen molar-refractivity contribution in [2.45, 2.75) is 58.6 Å². The van der Waals surface area contributed by atoms with Crippen LogP contribution >= 0.6 is 0 Å². The van der Waals surface area contributed by atoms with E-state index in [4.69, 9.17) is 0 Å². The normalized spacial score (nSPS) is 12.4. The van der Waals surface area contributed by atoms with Gasteiger partial charge < -0.3 is 39.1 Å². The summed E-state index contributed by atoms with van der Waals surface area (Å²) in [6.45, 7) is 3.78. The number of benzene rings is 4. The van der Waals surface area contributed by atoms with Gasteiger partial charge in [0, 0.05) is 58.5 Å². The molecular formula is C50H44F6IN7O6S2. The first kappa shape index (κ1) is 56.2. The second-order valence-electron chi connectivity index (χ2n) is 16.8. The smallest absolute Gasteiger partial charge is 0.416 e. The molecule has 22 heteroatoms. The molecule has 376 valence electrons. The Morgan fingerprint density at radius 2 is 0.944 bits per heavy atom. The van der Waals surface area contributed by atoms with E-state index in [0.717, 1.165) is 57.7 Å². The van der Waals surface area contributed by atoms with Gasteiger partial charge in [-0.1, -0.05) is 12.1 Å². The SMILES string of the molecule is Cc1c(S(=O)c2ccc(C#N)cc2)cc(C(=O)NCCC[N+](C)(C)CCCNC(=O)c2cc(S(=O)c3ccc(C#N)cc3)c(C)n(-c3cccc(C(F)(F)F)c3)c2=O)c(=O)n1-c1cccc(C(F)(F)F)c1.[I-]. The number of aromatic nitrogens is 2. The molecule has 2 atom stereocenters. The van der Waals surface area contributed by atoms with E-state index in [1.165, 1.54) is 74.5 Å². The summed E-state index contributed by atoms with van der Waals surface area (Å²) in [4.78, 5) is 55.6. The molecule has 0 aliphatic carbocycles. The Kier molecular flexibility index (Phi) is 18.1. The fourth-order valence-corrected chi connectivity index (χ4v) is 10.0. The minimum Gasteiger partial charge on any atom is -1.00 e. The molecule has 72 heavy (non-hydrogen) atoms. The molecular weight excluding hydrogens is 1100 g/mol. The lowest BCUT2D eigenvalue weighted by atomic mass is 10.1. The van der Waals surface area contributed by atoms with Crippen LogP contribution in [0.3, 0.4) is 0 Å². The van der Waals surface area contributed by atoms with Crippen molar-refractivity contribution in [3.8, 4) is 23.5 Å². The van der Waals surface area contributed by atoms with Crippen molar-refractivity contribution >= 4 is 33.4 Å². The van der Waals surface area contributed by atoms with Gasteiger partial charge in [0.15, 0.2) is 0 Å². The van der Waals surface area contributed by atoms with Crippen LogP contribution in [0.25, 0.3) is 11.4 Å². The van der Waals surface area contributed by atoms with Gasteiger partial charge in [0.2, 0.25) is 0 Å². The molecule has 0 radical (unpaired) electrons. The highest BCUT2D eigenvalue weighted by molar-refractivity contribution is 7.85. The monoisotopic (exact) mass is 1140 g/mol. The Morgan fingerprint density at radius 3 is 1.26 bits per heavy atom. The third-order valence-corrected chi connectivity index (χ3v) is 14.4. The maximum atomic E-state index is 13.9. The summed E-state index contributed by atoms with van der Waals surface area (Å²) in [5.41, 5.74) is -4.76. The summed E-state index contributed by atoms with van der Waals surface area (Å²) >= 11 is 0. The fourth-order valence-electron chi connectivity index (χ4n) is 7.61. The number of carbonyl (C=O) groups is 2. The highest BCUT2D eigenvalue weighted by atomic mass is 127. The number of pyridine rings is 2. The lowest BCUT2D eigenvalue weighted by molar-refractivity contribution is -0.890. The zero-order valence-corrected chi connectivity index (χ0v) is 42.6. The molecule has 2 N–H and O–H groups in total. The van der Waals surface area contributed by atoms with Crippen LogP contribution < -0.4 is 45.7 Å². The van der Waals surface area contributed by atoms with Gasteiger partial charge in [-0.25, -0.2) is 8.42 Å². The predicted molar refractivity (Wildman–Crippen MR) is 251 cm³/mol. The van der Waals surface area contributed by atoms with Gasteiger partial charge in [0.1, 0.15) is 11.1 Å². The van der Waals surface area contributed by atoms with Crippen molar-refractivity contribution in [2.24, 2.45) is 0 Å². The Bertz CT molecular complexity index is 3070. The van der Waals surface area contributed by atoms with E-state index in [0.29, 0.717) is 30.4 Å². The van der Waals surface area contributed by atoms with Crippen LogP contribution in [-0.2, 0) is 34.0 Å². The van der Waals surface area contributed by atoms with Crippen molar-refractivity contribution in [1.29, 1.82) is 10.5 Å². The molecule has 2 amide bonds. The number of nitrogens with one attached hydrogen (secondary N) is 2. The Hall–Kier alpha value is -6.73. The number of nitriles is 2. The number of nitrogens with zero attached hydrogens (tertiary/aromatic N) is 5. The van der Waals surface area contributed by atoms with E-state index in [9.17, 15) is 64.5 Å². The highest BCUT2D eigenvalue weighted by Crippen LogP contribution is 2.33. The van der Waals surface area contributed by atoms with E-state index < -0.39 is 79.1 Å². The van der Waals surface area contributed by atoms with Crippen LogP contribution in [-0.4, -0.2) is 74.1 Å². The lowest BCUT2D eigenvalue weighted by Crippen LogP contribution is -3.00. The molecule has 0 fully saturated rings. The van der Waals surface area contributed by atoms with Gasteiger partial charge >= 0.3 is 12.4 Å². The second kappa shape index (κ2) is 23.2. The van der Waals surface area contributed by atoms with E-state index in [1.54, 1.807) is 0 Å². The average Bonchev–Trinajstić information content (AvgIpc) is 3.33. The van der Waals surface area contributed by atoms with Crippen molar-refractivity contribution in [1.82, 2.24) is 19.8 Å². The summed E-state index contributed by atoms with van der Waals surface area (Å²) in [5.74, 6) is -1.73. The first-order valence-corrected chi connectivity index (χ1v) is 23.9. The summed E-state index contributed by atoms with van der Waals surface area (Å²) in [6.07, 6.45) is -8.79. The number of hydrogen-bond donors (Lipinski definition) is 2. The predicted octanol–water partition coefficient (Wildman–Crippen LogP) is 4.74. The maximum absolute atomic E-state index is 13.9. The molecule has 0 bridgehead atoms. The van der Waals surface area contributed by atoms with Crippen molar-refractivity contribution in [2.75, 3.05) is 40.3 Å². The number of quaternary nitrogens is 1. The molecule has 0 saturated carbocycles. The fraction of sp³-hybridized carbons (Fsp3) is 0.240. The minimum atomic E-state index is -4.76. The number of amides is 2. The number of rotatable bonds is 16. The van der Waals surface area contributed by atoms with Crippen LogP contribution in [0.4, 0.5) is 26.3 Å². The molecule has 0 spiro atoms. The molecule has 4 aromatic carbocycles. The van der Waals surface area contributed by atoms with E-state index in [1.807, 2.05) is 26.2 Å². The number of carbonyl (C=O) groups excluding carboxylic acids is 2. The largest absolute Gasteiger partial charge is 1.00 e. The average molecular weight is 1140 g/mol. The quantitative estimate of drug-likeness (QED) is 0.0603. The molecule has 0 saturated heterocycles. The summed E-state index contributed by atoms with van der Waals surface area (Å²) < 4.78 is 112. The van der Waals surface area contributed by atoms with Crippen LogP contribution in [0, 0.1) is 36.5 Å². The van der Waals surface area contributed by atoms with E-state index >= 15 is 0 Å². The van der Waals surface area contributed by atoms with E-state index in [-0.39, 0.29) is 90.5 Å². The van der Waals surface area contributed by atoms with Crippen molar-refractivity contribution in [3.05, 3.63) is 175 Å². The Morgan fingerprint density at radius 1 is 0.597 bits per heavy atom. The number of hydrogen-bond acceptors (Lipinski definition) is 8. The third kappa shape index (κ3) is 13.0. The van der Waals surface area contributed by atoms with Crippen LogP contribution in [0.1, 0.15) is 67.2 Å². The van der Waals surface area contributed by atoms with Crippen LogP contribution in [0.2, 0.25) is 0 Å². The van der Waals surface area contributed by atoms with Gasteiger partial charge in [-0.2, -0.15) is 36.9 Å². The molecule has 2 heterocycles. The summed E-state index contributed by atoms with van der Waals surface area (Å²) in [6, 6.07) is 25.5. The molecule has 0 aliphatic heterocycles. The lowest BCUT2D eigenvalue weighted by Gasteiger charge is -2.30. The van der Waals surface area contributed by atoms with Gasteiger partial charge in [0.25, 0.3) is 22.9 Å².